The third kappa shape index (κ3) is 6.93. The lowest BCUT2D eigenvalue weighted by Crippen LogP contribution is -2.55. The molecule has 1 aromatic rings. The summed E-state index contributed by atoms with van der Waals surface area (Å²) in [6.45, 7) is 12.4. The Balaban J connectivity index is 1.84. The first kappa shape index (κ1) is 23.5. The van der Waals surface area contributed by atoms with Gasteiger partial charge in [0.15, 0.2) is 0 Å². The van der Waals surface area contributed by atoms with Crippen molar-refractivity contribution in [3.05, 3.63) is 24.3 Å². The highest BCUT2D eigenvalue weighted by atomic mass is 16.2. The van der Waals surface area contributed by atoms with Crippen LogP contribution >= 0.6 is 0 Å². The maximum Gasteiger partial charge on any atom is 0.317 e. The number of benzene rings is 1. The minimum Gasteiger partial charge on any atom is -0.368 e. The number of carbonyl (C=O) groups excluding carboxylic acids is 3. The lowest BCUT2D eigenvalue weighted by Gasteiger charge is -2.37. The number of hydrogen-bond donors (Lipinski definition) is 2. The number of likely N-dealkylation sites (N-methyl/N-ethyl adjacent to an activating group) is 1. The second-order valence-electron chi connectivity index (χ2n) is 9.10. The van der Waals surface area contributed by atoms with Crippen LogP contribution in [0.2, 0.25) is 0 Å². The van der Waals surface area contributed by atoms with Gasteiger partial charge in [-0.05, 0) is 45.0 Å². The normalized spacial score (nSPS) is 14.5. The smallest absolute Gasteiger partial charge is 0.317 e. The molecule has 1 aromatic carbocycles. The fourth-order valence-electron chi connectivity index (χ4n) is 3.26. The van der Waals surface area contributed by atoms with Crippen LogP contribution < -0.4 is 15.5 Å². The second-order valence-corrected chi connectivity index (χ2v) is 9.10. The van der Waals surface area contributed by atoms with Gasteiger partial charge >= 0.3 is 6.03 Å². The lowest BCUT2D eigenvalue weighted by atomic mass is 10.1. The molecule has 2 N–H and O–H groups in total. The van der Waals surface area contributed by atoms with Gasteiger partial charge < -0.3 is 25.3 Å². The number of urea groups is 1. The maximum atomic E-state index is 12.3. The number of carbonyl (C=O) groups is 3. The Hall–Kier alpha value is -2.77. The molecule has 8 nitrogen and oxygen atoms in total. The van der Waals surface area contributed by atoms with Crippen molar-refractivity contribution < 1.29 is 14.4 Å². The quantitative estimate of drug-likeness (QED) is 0.770. The lowest BCUT2D eigenvalue weighted by molar-refractivity contribution is -0.136. The SMILES string of the molecule is CC(C)C(=O)N(C)CC(=O)Nc1ccc(N2CCN(C(=O)NC(C)(C)C)CC2)cc1. The van der Waals surface area contributed by atoms with Crippen molar-refractivity contribution >= 4 is 29.2 Å². The zero-order valence-corrected chi connectivity index (χ0v) is 19.0. The van der Waals surface area contributed by atoms with E-state index in [9.17, 15) is 14.4 Å². The number of piperazine rings is 1. The van der Waals surface area contributed by atoms with E-state index in [1.54, 1.807) is 7.05 Å². The monoisotopic (exact) mass is 417 g/mol. The van der Waals surface area contributed by atoms with Crippen LogP contribution in [0.3, 0.4) is 0 Å². The fourth-order valence-corrected chi connectivity index (χ4v) is 3.26. The zero-order chi connectivity index (χ0) is 22.5. The van der Waals surface area contributed by atoms with Gasteiger partial charge in [0.25, 0.3) is 0 Å². The maximum absolute atomic E-state index is 12.3. The Morgan fingerprint density at radius 3 is 2.10 bits per heavy atom. The van der Waals surface area contributed by atoms with Crippen molar-refractivity contribution in [2.24, 2.45) is 5.92 Å². The summed E-state index contributed by atoms with van der Waals surface area (Å²) >= 11 is 0. The van der Waals surface area contributed by atoms with Gasteiger partial charge in [-0.1, -0.05) is 13.8 Å². The van der Waals surface area contributed by atoms with Crippen molar-refractivity contribution in [3.63, 3.8) is 0 Å². The Morgan fingerprint density at radius 2 is 1.60 bits per heavy atom. The van der Waals surface area contributed by atoms with Crippen LogP contribution in [0.5, 0.6) is 0 Å². The molecule has 0 saturated carbocycles. The van der Waals surface area contributed by atoms with E-state index in [0.717, 1.165) is 18.8 Å². The largest absolute Gasteiger partial charge is 0.368 e. The zero-order valence-electron chi connectivity index (χ0n) is 19.0. The third-order valence-electron chi connectivity index (χ3n) is 4.82. The van der Waals surface area contributed by atoms with Gasteiger partial charge in [-0.15, -0.1) is 0 Å². The Bertz CT molecular complexity index is 747. The molecule has 4 amide bonds. The molecule has 8 heteroatoms. The average Bonchev–Trinajstić information content (AvgIpc) is 2.66. The van der Waals surface area contributed by atoms with Crippen LogP contribution in [0.25, 0.3) is 0 Å². The summed E-state index contributed by atoms with van der Waals surface area (Å²) in [5, 5.41) is 5.83. The highest BCUT2D eigenvalue weighted by molar-refractivity contribution is 5.94. The summed E-state index contributed by atoms with van der Waals surface area (Å²) in [6, 6.07) is 7.61. The summed E-state index contributed by atoms with van der Waals surface area (Å²) < 4.78 is 0. The molecule has 2 rings (SSSR count). The predicted molar refractivity (Wildman–Crippen MR) is 120 cm³/mol. The van der Waals surface area contributed by atoms with E-state index in [-0.39, 0.29) is 35.8 Å². The van der Waals surface area contributed by atoms with E-state index in [0.29, 0.717) is 18.8 Å². The summed E-state index contributed by atoms with van der Waals surface area (Å²) in [5.74, 6) is -0.421. The predicted octanol–water partition coefficient (Wildman–Crippen LogP) is 2.37. The van der Waals surface area contributed by atoms with Gasteiger partial charge in [-0.25, -0.2) is 4.79 Å². The van der Waals surface area contributed by atoms with Crippen molar-refractivity contribution in [1.82, 2.24) is 15.1 Å². The second kappa shape index (κ2) is 9.82. The van der Waals surface area contributed by atoms with Crippen molar-refractivity contribution in [1.29, 1.82) is 0 Å². The summed E-state index contributed by atoms with van der Waals surface area (Å²) in [6.07, 6.45) is 0. The molecular formula is C22H35N5O3. The molecule has 166 valence electrons. The van der Waals surface area contributed by atoms with Crippen molar-refractivity contribution in [2.45, 2.75) is 40.2 Å². The Kier molecular flexibility index (Phi) is 7.70. The molecule has 30 heavy (non-hydrogen) atoms. The number of amides is 4. The number of hydrogen-bond acceptors (Lipinski definition) is 4. The van der Waals surface area contributed by atoms with Gasteiger partial charge in [-0.2, -0.15) is 0 Å². The number of anilines is 2. The van der Waals surface area contributed by atoms with E-state index >= 15 is 0 Å². The van der Waals surface area contributed by atoms with Gasteiger partial charge in [0.1, 0.15) is 0 Å². The molecule has 1 fully saturated rings. The summed E-state index contributed by atoms with van der Waals surface area (Å²) in [7, 11) is 1.63. The number of nitrogens with zero attached hydrogens (tertiary/aromatic N) is 3. The van der Waals surface area contributed by atoms with E-state index in [2.05, 4.69) is 15.5 Å². The average molecular weight is 418 g/mol. The highest BCUT2D eigenvalue weighted by Crippen LogP contribution is 2.20. The van der Waals surface area contributed by atoms with Crippen molar-refractivity contribution in [3.8, 4) is 0 Å². The van der Waals surface area contributed by atoms with Gasteiger partial charge in [0.2, 0.25) is 11.8 Å². The molecule has 1 aliphatic rings. The highest BCUT2D eigenvalue weighted by Gasteiger charge is 2.24. The van der Waals surface area contributed by atoms with Crippen LogP contribution in [0.1, 0.15) is 34.6 Å². The van der Waals surface area contributed by atoms with Crippen LogP contribution in [-0.4, -0.2) is 73.0 Å². The van der Waals surface area contributed by atoms with E-state index in [4.69, 9.17) is 0 Å². The molecule has 0 atom stereocenters. The van der Waals surface area contributed by atoms with E-state index < -0.39 is 0 Å². The van der Waals surface area contributed by atoms with Gasteiger partial charge in [-0.3, -0.25) is 9.59 Å². The molecule has 0 spiro atoms. The first-order valence-corrected chi connectivity index (χ1v) is 10.4. The molecule has 0 bridgehead atoms. The minimum atomic E-state index is -0.245. The van der Waals surface area contributed by atoms with Crippen LogP contribution in [0, 0.1) is 5.92 Å². The molecule has 0 aromatic heterocycles. The number of rotatable bonds is 5. The topological polar surface area (TPSA) is 85.0 Å². The summed E-state index contributed by atoms with van der Waals surface area (Å²) in [5.41, 5.74) is 1.50. The standard InChI is InChI=1S/C22H35N5O3/c1-16(2)20(29)25(6)15-19(28)23-17-7-9-18(10-8-17)26-11-13-27(14-12-26)21(30)24-22(3,4)5/h7-10,16H,11-15H2,1-6H3,(H,23,28)(H,24,30). The van der Waals surface area contributed by atoms with E-state index in [1.807, 2.05) is 63.8 Å². The molecule has 1 aliphatic heterocycles. The first-order valence-electron chi connectivity index (χ1n) is 10.4. The third-order valence-corrected chi connectivity index (χ3v) is 4.82. The molecular weight excluding hydrogens is 382 g/mol. The van der Waals surface area contributed by atoms with Gasteiger partial charge in [0.05, 0.1) is 6.54 Å². The van der Waals surface area contributed by atoms with Gasteiger partial charge in [0, 0.05) is 56.1 Å². The van der Waals surface area contributed by atoms with Crippen LogP contribution in [-0.2, 0) is 9.59 Å². The number of nitrogens with one attached hydrogen (secondary N) is 2. The minimum absolute atomic E-state index is 0.0252. The van der Waals surface area contributed by atoms with Crippen LogP contribution in [0.4, 0.5) is 16.2 Å². The van der Waals surface area contributed by atoms with E-state index in [1.165, 1.54) is 4.90 Å². The fraction of sp³-hybridized carbons (Fsp3) is 0.591. The molecule has 0 radical (unpaired) electrons. The summed E-state index contributed by atoms with van der Waals surface area (Å²) in [4.78, 5) is 41.9. The van der Waals surface area contributed by atoms with Crippen LogP contribution in [0.15, 0.2) is 24.3 Å². The molecule has 1 saturated heterocycles. The Morgan fingerprint density at radius 1 is 1.03 bits per heavy atom. The van der Waals surface area contributed by atoms with Crippen molar-refractivity contribution in [2.75, 3.05) is 50.0 Å². The molecule has 1 heterocycles. The Labute approximate surface area is 179 Å². The first-order chi connectivity index (χ1) is 14.0. The molecule has 0 unspecified atom stereocenters. The molecule has 0 aliphatic carbocycles.